The molecule has 6 aromatic rings. The van der Waals surface area contributed by atoms with Gasteiger partial charge in [-0.15, -0.1) is 0 Å². The normalized spacial score (nSPS) is 19.4. The first-order chi connectivity index (χ1) is 24.4. The van der Waals surface area contributed by atoms with Crippen molar-refractivity contribution in [1.29, 1.82) is 10.5 Å². The minimum atomic E-state index is 0.235. The third-order valence-electron chi connectivity index (χ3n) is 10.8. The van der Waals surface area contributed by atoms with E-state index in [1.54, 1.807) is 24.3 Å². The Morgan fingerprint density at radius 1 is 0.560 bits per heavy atom. The number of aromatic nitrogens is 3. The molecule has 1 unspecified atom stereocenters. The second-order valence-corrected chi connectivity index (χ2v) is 14.4. The average molecular weight is 648 g/mol. The van der Waals surface area contributed by atoms with Crippen LogP contribution >= 0.6 is 0 Å². The van der Waals surface area contributed by atoms with Gasteiger partial charge in [0, 0.05) is 16.7 Å². The molecule has 5 aromatic carbocycles. The fraction of sp³-hybridized carbons (Fsp3) is 0.222. The lowest BCUT2D eigenvalue weighted by Crippen LogP contribution is -2.30. The third kappa shape index (κ3) is 6.08. The summed E-state index contributed by atoms with van der Waals surface area (Å²) in [6.07, 6.45) is 6.78. The minimum absolute atomic E-state index is 0.235. The van der Waals surface area contributed by atoms with Gasteiger partial charge in [-0.05, 0) is 144 Å². The number of benzene rings is 5. The van der Waals surface area contributed by atoms with E-state index < -0.39 is 0 Å². The van der Waals surface area contributed by atoms with Gasteiger partial charge < -0.3 is 0 Å². The highest BCUT2D eigenvalue weighted by molar-refractivity contribution is 5.81. The lowest BCUT2D eigenvalue weighted by atomic mass is 9.66. The van der Waals surface area contributed by atoms with E-state index in [0.717, 1.165) is 45.2 Å². The van der Waals surface area contributed by atoms with E-state index in [-0.39, 0.29) is 5.41 Å². The van der Waals surface area contributed by atoms with E-state index in [9.17, 15) is 10.5 Å². The maximum absolute atomic E-state index is 9.39. The molecule has 3 atom stereocenters. The molecule has 8 rings (SSSR count). The Balaban J connectivity index is 1.27. The van der Waals surface area contributed by atoms with Crippen LogP contribution in [0.3, 0.4) is 0 Å². The van der Waals surface area contributed by atoms with Gasteiger partial charge in [0.05, 0.1) is 23.3 Å². The first-order valence-corrected chi connectivity index (χ1v) is 17.5. The number of fused-ring (bicyclic) bond motifs is 2. The Hall–Kier alpha value is -5.91. The van der Waals surface area contributed by atoms with Crippen molar-refractivity contribution in [3.8, 4) is 68.6 Å². The van der Waals surface area contributed by atoms with Crippen molar-refractivity contribution in [3.63, 3.8) is 0 Å². The fourth-order valence-corrected chi connectivity index (χ4v) is 8.37. The van der Waals surface area contributed by atoms with Crippen molar-refractivity contribution in [2.75, 3.05) is 0 Å². The number of nitrogens with zero attached hydrogens (tertiary/aromatic N) is 5. The number of hydrogen-bond donors (Lipinski definition) is 0. The van der Waals surface area contributed by atoms with Crippen molar-refractivity contribution in [2.24, 2.45) is 11.8 Å². The molecule has 2 bridgehead atoms. The van der Waals surface area contributed by atoms with Gasteiger partial charge in [-0.3, -0.25) is 0 Å². The highest BCUT2D eigenvalue weighted by Crippen LogP contribution is 2.52. The third-order valence-corrected chi connectivity index (χ3v) is 10.8. The quantitative estimate of drug-likeness (QED) is 0.180. The van der Waals surface area contributed by atoms with Gasteiger partial charge in [-0.2, -0.15) is 10.5 Å². The molecule has 1 heterocycles. The first-order valence-electron chi connectivity index (χ1n) is 17.5. The second-order valence-electron chi connectivity index (χ2n) is 14.4. The van der Waals surface area contributed by atoms with E-state index in [0.29, 0.717) is 28.6 Å². The SMILES string of the molecule is Cc1cc(C2(C)C[C@@H]3CC[C@@H](C3)C2)ccc1-c1cc(-c2ccccc2)cc(-c2nc(-c3ccc(C#N)cc3)nc(-c3ccc(C#N)cc3)n2)c1. The van der Waals surface area contributed by atoms with E-state index in [1.165, 1.54) is 48.8 Å². The summed E-state index contributed by atoms with van der Waals surface area (Å²) < 4.78 is 0. The van der Waals surface area contributed by atoms with Gasteiger partial charge >= 0.3 is 0 Å². The van der Waals surface area contributed by atoms with Crippen LogP contribution in [0.4, 0.5) is 0 Å². The van der Waals surface area contributed by atoms with Crippen molar-refractivity contribution >= 4 is 0 Å². The van der Waals surface area contributed by atoms with Crippen LogP contribution in [0.15, 0.2) is 115 Å². The standard InChI is InChI=1S/C45H37N5/c1-29-20-40(45(2)25-32-8-9-33(21-32)26-45)18-19-41(29)38-22-37(34-6-4-3-5-7-34)23-39(24-38)44-49-42(35-14-10-30(27-46)11-15-35)48-43(50-44)36-16-12-31(28-47)13-17-36/h3-7,10-20,22-24,32-33H,8-9,21,25-26H2,1-2H3/t32-,33+,45?. The highest BCUT2D eigenvalue weighted by atomic mass is 15.0. The molecule has 0 N–H and O–H groups in total. The Kier molecular flexibility index (Phi) is 8.06. The predicted octanol–water partition coefficient (Wildman–Crippen LogP) is 10.7. The van der Waals surface area contributed by atoms with Crippen LogP contribution in [0.25, 0.3) is 56.4 Å². The van der Waals surface area contributed by atoms with Gasteiger partial charge in [0.25, 0.3) is 0 Å². The van der Waals surface area contributed by atoms with Crippen molar-refractivity contribution < 1.29 is 0 Å². The molecule has 2 saturated carbocycles. The zero-order chi connectivity index (χ0) is 34.2. The van der Waals surface area contributed by atoms with Crippen molar-refractivity contribution in [1.82, 2.24) is 15.0 Å². The van der Waals surface area contributed by atoms with E-state index in [1.807, 2.05) is 30.3 Å². The van der Waals surface area contributed by atoms with Gasteiger partial charge in [-0.25, -0.2) is 15.0 Å². The maximum atomic E-state index is 9.39. The molecule has 5 heteroatoms. The van der Waals surface area contributed by atoms with Gasteiger partial charge in [0.2, 0.25) is 0 Å². The van der Waals surface area contributed by atoms with Crippen LogP contribution in [0.1, 0.15) is 61.3 Å². The summed E-state index contributed by atoms with van der Waals surface area (Å²) in [6, 6.07) is 43.1. The smallest absolute Gasteiger partial charge is 0.164 e. The summed E-state index contributed by atoms with van der Waals surface area (Å²) in [5.74, 6) is 3.32. The van der Waals surface area contributed by atoms with E-state index in [4.69, 9.17) is 15.0 Å². The van der Waals surface area contributed by atoms with Gasteiger partial charge in [0.15, 0.2) is 17.5 Å². The zero-order valence-corrected chi connectivity index (χ0v) is 28.4. The fourth-order valence-electron chi connectivity index (χ4n) is 8.37. The summed E-state index contributed by atoms with van der Waals surface area (Å²) in [4.78, 5) is 14.9. The molecular formula is C45H37N5. The topological polar surface area (TPSA) is 86.2 Å². The number of nitriles is 2. The first kappa shape index (κ1) is 31.4. The monoisotopic (exact) mass is 647 g/mol. The molecule has 0 spiro atoms. The molecule has 1 aromatic heterocycles. The Morgan fingerprint density at radius 3 is 1.62 bits per heavy atom. The highest BCUT2D eigenvalue weighted by Gasteiger charge is 2.41. The molecule has 0 saturated heterocycles. The summed E-state index contributed by atoms with van der Waals surface area (Å²) in [6.45, 7) is 4.72. The summed E-state index contributed by atoms with van der Waals surface area (Å²) >= 11 is 0. The van der Waals surface area contributed by atoms with Crippen molar-refractivity contribution in [2.45, 2.75) is 51.4 Å². The van der Waals surface area contributed by atoms with Crippen molar-refractivity contribution in [3.05, 3.63) is 138 Å². The molecule has 2 aliphatic rings. The number of hydrogen-bond acceptors (Lipinski definition) is 5. The molecule has 2 fully saturated rings. The molecule has 2 aliphatic carbocycles. The Morgan fingerprint density at radius 2 is 1.08 bits per heavy atom. The minimum Gasteiger partial charge on any atom is -0.208 e. The molecule has 0 amide bonds. The zero-order valence-electron chi connectivity index (χ0n) is 28.4. The Labute approximate surface area is 294 Å². The predicted molar refractivity (Wildman–Crippen MR) is 199 cm³/mol. The van der Waals surface area contributed by atoms with E-state index >= 15 is 0 Å². The maximum Gasteiger partial charge on any atom is 0.164 e. The number of rotatable bonds is 6. The van der Waals surface area contributed by atoms with E-state index in [2.05, 4.69) is 86.6 Å². The molecule has 0 aliphatic heterocycles. The van der Waals surface area contributed by atoms with Crippen LogP contribution < -0.4 is 0 Å². The molecule has 242 valence electrons. The molecular weight excluding hydrogens is 611 g/mol. The van der Waals surface area contributed by atoms with Crippen LogP contribution in [0.2, 0.25) is 0 Å². The molecule has 0 radical (unpaired) electrons. The number of aryl methyl sites for hydroxylation is 1. The second kappa shape index (κ2) is 12.8. The largest absolute Gasteiger partial charge is 0.208 e. The lowest BCUT2D eigenvalue weighted by molar-refractivity contribution is 0.232. The molecule has 50 heavy (non-hydrogen) atoms. The lowest BCUT2D eigenvalue weighted by Gasteiger charge is -2.38. The summed E-state index contributed by atoms with van der Waals surface area (Å²) in [5.41, 5.74) is 11.1. The van der Waals surface area contributed by atoms with Crippen LogP contribution in [0.5, 0.6) is 0 Å². The van der Waals surface area contributed by atoms with Crippen LogP contribution in [0, 0.1) is 41.4 Å². The Bertz CT molecular complexity index is 2210. The van der Waals surface area contributed by atoms with Gasteiger partial charge in [-0.1, -0.05) is 68.3 Å². The van der Waals surface area contributed by atoms with Crippen LogP contribution in [-0.2, 0) is 5.41 Å². The average Bonchev–Trinajstić information content (AvgIpc) is 3.52. The summed E-state index contributed by atoms with van der Waals surface area (Å²) in [5, 5.41) is 18.8. The molecule has 5 nitrogen and oxygen atoms in total. The van der Waals surface area contributed by atoms with Gasteiger partial charge in [0.1, 0.15) is 0 Å². The summed E-state index contributed by atoms with van der Waals surface area (Å²) in [7, 11) is 0. The van der Waals surface area contributed by atoms with Crippen LogP contribution in [-0.4, -0.2) is 15.0 Å².